The van der Waals surface area contributed by atoms with Gasteiger partial charge in [0.15, 0.2) is 24.7 Å². The highest BCUT2D eigenvalue weighted by molar-refractivity contribution is 5.26. The Labute approximate surface area is 363 Å². The van der Waals surface area contributed by atoms with E-state index in [4.69, 9.17) is 37.9 Å². The van der Waals surface area contributed by atoms with Gasteiger partial charge in [-0.05, 0) is 107 Å². The van der Waals surface area contributed by atoms with Gasteiger partial charge in [0, 0.05) is 12.3 Å². The molecule has 0 aromatic carbocycles. The standard InChI is InChI=1S/C45H72O17/c1-19-29-27(61-45(19)14-13-42(4,18-47)62-45)16-26-24-8-7-22-15-23(9-11-43(22,5)25(24)10-12-44(26,29)6)57-41-38(60-40-35(53)33(51)31(49)21(3)56-40)36(54)37(28(17-46)58-41)59-39-34(52)32(50)30(48)20(2)55-39/h7,19-21,23-41,46-54H,8-18H2,1-6H3/t19?,20-,21-,23-,24+,25-,26-,27?,28+,29?,30-,31-,32+,33+,34+,35+,36-,37+,38+,39-,40-,41+,42-,43-,44-,45-/m0/s1. The molecule has 62 heavy (non-hydrogen) atoms. The third kappa shape index (κ3) is 7.31. The van der Waals surface area contributed by atoms with Crippen LogP contribution in [0.15, 0.2) is 11.6 Å². The Bertz CT molecular complexity index is 1650. The van der Waals surface area contributed by atoms with Crippen LogP contribution in [0.3, 0.4) is 0 Å². The molecule has 5 saturated heterocycles. The van der Waals surface area contributed by atoms with Crippen LogP contribution in [0, 0.1) is 40.4 Å². The summed E-state index contributed by atoms with van der Waals surface area (Å²) in [5, 5.41) is 96.0. The van der Waals surface area contributed by atoms with Gasteiger partial charge in [-0.1, -0.05) is 32.4 Å². The zero-order chi connectivity index (χ0) is 44.4. The molecular weight excluding hydrogens is 812 g/mol. The molecule has 0 bridgehead atoms. The van der Waals surface area contributed by atoms with E-state index in [-0.39, 0.29) is 35.6 Å². The van der Waals surface area contributed by atoms with Crippen LogP contribution >= 0.6 is 0 Å². The summed E-state index contributed by atoms with van der Waals surface area (Å²) in [7, 11) is 0. The minimum atomic E-state index is -1.72. The molecule has 0 amide bonds. The van der Waals surface area contributed by atoms with Crippen molar-refractivity contribution in [2.75, 3.05) is 13.2 Å². The topological polar surface area (TPSA) is 256 Å². The Balaban J connectivity index is 0.916. The van der Waals surface area contributed by atoms with Gasteiger partial charge in [0.05, 0.1) is 43.2 Å². The SMILES string of the molecule is CC1C2C(C[C@H]3[C@@H]4CC=C5C[C@@H](O[C@@H]6O[C@H](CO)[C@@H](O[C@@H]7O[C@@H](C)[C@H](O)[C@@H](O)[C@H]7O)[C@H](O)[C@H]6O[C@@H]6O[C@@H](C)[C@H](O)[C@@H](O)[C@H]6O)CC[C@]5(C)[C@H]4CC[C@]23C)O[C@]12CC[C@@](C)(CO)O2. The second-order valence-electron chi connectivity index (χ2n) is 21.3. The fourth-order valence-corrected chi connectivity index (χ4v) is 14.1. The van der Waals surface area contributed by atoms with Crippen LogP contribution in [0.5, 0.6) is 0 Å². The van der Waals surface area contributed by atoms with Gasteiger partial charge < -0.3 is 83.9 Å². The Morgan fingerprint density at radius 3 is 1.94 bits per heavy atom. The predicted octanol–water partition coefficient (Wildman–Crippen LogP) is 0.357. The van der Waals surface area contributed by atoms with Gasteiger partial charge in [-0.3, -0.25) is 0 Å². The van der Waals surface area contributed by atoms with Crippen LogP contribution in [-0.2, 0) is 37.9 Å². The van der Waals surface area contributed by atoms with E-state index >= 15 is 0 Å². The number of fused-ring (bicyclic) bond motifs is 7. The molecule has 9 aliphatic rings. The van der Waals surface area contributed by atoms with Gasteiger partial charge in [-0.2, -0.15) is 0 Å². The molecule has 1 spiro atoms. The molecule has 5 heterocycles. The molecule has 3 unspecified atom stereocenters. The van der Waals surface area contributed by atoms with E-state index < -0.39 is 110 Å². The number of aliphatic hydroxyl groups excluding tert-OH is 9. The van der Waals surface area contributed by atoms with E-state index in [1.165, 1.54) is 19.4 Å². The summed E-state index contributed by atoms with van der Waals surface area (Å²) >= 11 is 0. The van der Waals surface area contributed by atoms with Crippen molar-refractivity contribution in [2.24, 2.45) is 40.4 Å². The van der Waals surface area contributed by atoms with Crippen LogP contribution < -0.4 is 0 Å². The Morgan fingerprint density at radius 2 is 1.32 bits per heavy atom. The van der Waals surface area contributed by atoms with E-state index in [1.807, 2.05) is 6.92 Å². The second kappa shape index (κ2) is 16.7. The van der Waals surface area contributed by atoms with E-state index in [9.17, 15) is 46.0 Å². The monoisotopic (exact) mass is 884 g/mol. The quantitative estimate of drug-likeness (QED) is 0.149. The lowest BCUT2D eigenvalue weighted by Gasteiger charge is -2.58. The fraction of sp³-hybridized carbons (Fsp3) is 0.956. The van der Waals surface area contributed by atoms with Gasteiger partial charge in [0.25, 0.3) is 0 Å². The molecule has 17 nitrogen and oxygen atoms in total. The largest absolute Gasteiger partial charge is 0.394 e. The van der Waals surface area contributed by atoms with Gasteiger partial charge in [0.1, 0.15) is 61.0 Å². The van der Waals surface area contributed by atoms with Crippen molar-refractivity contribution in [1.82, 2.24) is 0 Å². The highest BCUT2D eigenvalue weighted by Gasteiger charge is 2.70. The molecule has 5 aliphatic heterocycles. The zero-order valence-corrected chi connectivity index (χ0v) is 36.8. The molecule has 4 aliphatic carbocycles. The molecule has 9 rings (SSSR count). The van der Waals surface area contributed by atoms with Crippen molar-refractivity contribution in [3.8, 4) is 0 Å². The van der Waals surface area contributed by atoms with E-state index in [0.717, 1.165) is 44.9 Å². The highest BCUT2D eigenvalue weighted by atomic mass is 16.8. The van der Waals surface area contributed by atoms with E-state index in [2.05, 4.69) is 26.8 Å². The number of allylic oxidation sites excluding steroid dienone is 1. The van der Waals surface area contributed by atoms with Crippen LogP contribution in [0.2, 0.25) is 0 Å². The smallest absolute Gasteiger partial charge is 0.187 e. The Kier molecular flexibility index (Phi) is 12.4. The zero-order valence-electron chi connectivity index (χ0n) is 36.8. The van der Waals surface area contributed by atoms with E-state index in [0.29, 0.717) is 36.5 Å². The lowest BCUT2D eigenvalue weighted by molar-refractivity contribution is -0.388. The van der Waals surface area contributed by atoms with Crippen molar-refractivity contribution in [1.29, 1.82) is 0 Å². The van der Waals surface area contributed by atoms with Crippen molar-refractivity contribution >= 4 is 0 Å². The maximum absolute atomic E-state index is 12.0. The summed E-state index contributed by atoms with van der Waals surface area (Å²) in [6, 6.07) is 0. The molecule has 17 heteroatoms. The van der Waals surface area contributed by atoms with Gasteiger partial charge >= 0.3 is 0 Å². The minimum absolute atomic E-state index is 0.0118. The molecule has 3 saturated carbocycles. The normalized spacial score (nSPS) is 58.7. The number of aliphatic hydroxyl groups is 9. The van der Waals surface area contributed by atoms with Gasteiger partial charge in [-0.15, -0.1) is 0 Å². The summed E-state index contributed by atoms with van der Waals surface area (Å²) in [5.74, 6) is 1.52. The molecular formula is C45H72O17. The lowest BCUT2D eigenvalue weighted by atomic mass is 9.47. The maximum atomic E-state index is 12.0. The van der Waals surface area contributed by atoms with Crippen molar-refractivity contribution in [3.63, 3.8) is 0 Å². The number of ether oxygens (including phenoxy) is 8. The summed E-state index contributed by atoms with van der Waals surface area (Å²) in [6.45, 7) is 11.5. The summed E-state index contributed by atoms with van der Waals surface area (Å²) < 4.78 is 50.1. The van der Waals surface area contributed by atoms with Crippen molar-refractivity contribution < 1.29 is 83.9 Å². The van der Waals surface area contributed by atoms with Crippen molar-refractivity contribution in [2.45, 2.75) is 215 Å². The average Bonchev–Trinajstić information content (AvgIpc) is 3.85. The Morgan fingerprint density at radius 1 is 0.677 bits per heavy atom. The fourth-order valence-electron chi connectivity index (χ4n) is 14.1. The van der Waals surface area contributed by atoms with E-state index in [1.54, 1.807) is 0 Å². The number of hydrogen-bond donors (Lipinski definition) is 9. The first kappa shape index (κ1) is 46.2. The van der Waals surface area contributed by atoms with Crippen LogP contribution in [0.4, 0.5) is 0 Å². The molecule has 26 atom stereocenters. The molecule has 0 aromatic rings. The van der Waals surface area contributed by atoms with Crippen LogP contribution in [-0.4, -0.2) is 175 Å². The summed E-state index contributed by atoms with van der Waals surface area (Å²) in [5.41, 5.74) is 0.835. The second-order valence-corrected chi connectivity index (χ2v) is 21.3. The number of rotatable bonds is 8. The summed E-state index contributed by atoms with van der Waals surface area (Å²) in [4.78, 5) is 0. The third-order valence-corrected chi connectivity index (χ3v) is 17.8. The van der Waals surface area contributed by atoms with Crippen molar-refractivity contribution in [3.05, 3.63) is 11.6 Å². The molecule has 0 radical (unpaired) electrons. The third-order valence-electron chi connectivity index (χ3n) is 17.8. The predicted molar refractivity (Wildman–Crippen MR) is 214 cm³/mol. The number of hydrogen-bond acceptors (Lipinski definition) is 17. The lowest BCUT2D eigenvalue weighted by Crippen LogP contribution is -2.66. The first-order valence-corrected chi connectivity index (χ1v) is 23.3. The molecule has 354 valence electrons. The van der Waals surface area contributed by atoms with Gasteiger partial charge in [0.2, 0.25) is 0 Å². The van der Waals surface area contributed by atoms with Crippen LogP contribution in [0.25, 0.3) is 0 Å². The first-order valence-electron chi connectivity index (χ1n) is 23.3. The highest BCUT2D eigenvalue weighted by Crippen LogP contribution is 2.71. The minimum Gasteiger partial charge on any atom is -0.394 e. The van der Waals surface area contributed by atoms with Crippen LogP contribution in [0.1, 0.15) is 99.3 Å². The van der Waals surface area contributed by atoms with Gasteiger partial charge in [-0.25, -0.2) is 0 Å². The Hall–Kier alpha value is -0.940. The first-order chi connectivity index (χ1) is 29.3. The maximum Gasteiger partial charge on any atom is 0.187 e. The summed E-state index contributed by atoms with van der Waals surface area (Å²) in [6.07, 6.45) is -11.5. The average molecular weight is 885 g/mol. The molecule has 9 N–H and O–H groups in total. The molecule has 8 fully saturated rings. The molecule has 0 aromatic heterocycles.